The lowest BCUT2D eigenvalue weighted by molar-refractivity contribution is 0.168. The summed E-state index contributed by atoms with van der Waals surface area (Å²) in [4.78, 5) is 2.68. The van der Waals surface area contributed by atoms with E-state index < -0.39 is 0 Å². The van der Waals surface area contributed by atoms with Gasteiger partial charge < -0.3 is 5.32 Å². The molecule has 0 aromatic heterocycles. The monoisotopic (exact) mass is 168 g/mol. The standard InChI is InChI=1S/C10H20N2/c1-2-4-9-8-12-6-3-5-10(12)7-11-9/h9-11H,2-8H2,1H3/t9-,10-/m0/s1. The molecule has 0 saturated carbocycles. The van der Waals surface area contributed by atoms with E-state index in [1.807, 2.05) is 0 Å². The van der Waals surface area contributed by atoms with Gasteiger partial charge in [0.2, 0.25) is 0 Å². The van der Waals surface area contributed by atoms with Crippen LogP contribution in [0.2, 0.25) is 0 Å². The minimum Gasteiger partial charge on any atom is -0.311 e. The molecule has 2 aliphatic heterocycles. The highest BCUT2D eigenvalue weighted by Gasteiger charge is 2.30. The van der Waals surface area contributed by atoms with Crippen LogP contribution < -0.4 is 5.32 Å². The molecule has 2 heteroatoms. The van der Waals surface area contributed by atoms with Crippen molar-refractivity contribution in [2.75, 3.05) is 19.6 Å². The van der Waals surface area contributed by atoms with Gasteiger partial charge in [0.05, 0.1) is 0 Å². The Morgan fingerprint density at radius 2 is 2.42 bits per heavy atom. The summed E-state index contributed by atoms with van der Waals surface area (Å²) >= 11 is 0. The van der Waals surface area contributed by atoms with Crippen molar-refractivity contribution in [2.45, 2.75) is 44.7 Å². The van der Waals surface area contributed by atoms with Crippen molar-refractivity contribution in [3.05, 3.63) is 0 Å². The molecular formula is C10H20N2. The highest BCUT2D eigenvalue weighted by atomic mass is 15.2. The Morgan fingerprint density at radius 1 is 1.50 bits per heavy atom. The molecule has 2 aliphatic rings. The molecule has 2 fully saturated rings. The van der Waals surface area contributed by atoms with Crippen LogP contribution in [0.4, 0.5) is 0 Å². The molecule has 12 heavy (non-hydrogen) atoms. The summed E-state index contributed by atoms with van der Waals surface area (Å²) in [6.07, 6.45) is 5.51. The lowest BCUT2D eigenvalue weighted by Crippen LogP contribution is -2.53. The van der Waals surface area contributed by atoms with Crippen molar-refractivity contribution >= 4 is 0 Å². The van der Waals surface area contributed by atoms with Crippen LogP contribution in [0, 0.1) is 0 Å². The van der Waals surface area contributed by atoms with Gasteiger partial charge in [-0.2, -0.15) is 0 Å². The Kier molecular flexibility index (Phi) is 2.66. The van der Waals surface area contributed by atoms with E-state index in [0.717, 1.165) is 12.1 Å². The summed E-state index contributed by atoms with van der Waals surface area (Å²) in [7, 11) is 0. The van der Waals surface area contributed by atoms with Crippen LogP contribution in [0.1, 0.15) is 32.6 Å². The van der Waals surface area contributed by atoms with E-state index in [1.165, 1.54) is 45.3 Å². The second-order valence-electron chi connectivity index (χ2n) is 4.18. The summed E-state index contributed by atoms with van der Waals surface area (Å²) in [6.45, 7) is 6.17. The van der Waals surface area contributed by atoms with E-state index >= 15 is 0 Å². The van der Waals surface area contributed by atoms with Crippen molar-refractivity contribution in [3.8, 4) is 0 Å². The second-order valence-corrected chi connectivity index (χ2v) is 4.18. The van der Waals surface area contributed by atoms with Gasteiger partial charge in [0.25, 0.3) is 0 Å². The van der Waals surface area contributed by atoms with Crippen LogP contribution in [0.5, 0.6) is 0 Å². The Labute approximate surface area is 75.3 Å². The Balaban J connectivity index is 1.84. The predicted molar refractivity (Wildman–Crippen MR) is 51.3 cm³/mol. The van der Waals surface area contributed by atoms with Crippen LogP contribution in [-0.2, 0) is 0 Å². The SMILES string of the molecule is CCC[C@H]1CN2CCC[C@H]2CN1. The zero-order chi connectivity index (χ0) is 8.39. The lowest BCUT2D eigenvalue weighted by atomic mass is 10.1. The van der Waals surface area contributed by atoms with E-state index in [-0.39, 0.29) is 0 Å². The normalized spacial score (nSPS) is 36.8. The molecule has 0 aromatic carbocycles. The lowest BCUT2D eigenvalue weighted by Gasteiger charge is -2.36. The van der Waals surface area contributed by atoms with E-state index in [2.05, 4.69) is 17.1 Å². The van der Waals surface area contributed by atoms with Gasteiger partial charge >= 0.3 is 0 Å². The summed E-state index contributed by atoms with van der Waals surface area (Å²) in [5.74, 6) is 0. The average Bonchev–Trinajstić information content (AvgIpc) is 2.51. The van der Waals surface area contributed by atoms with Crippen LogP contribution in [-0.4, -0.2) is 36.6 Å². The fraction of sp³-hybridized carbons (Fsp3) is 1.00. The van der Waals surface area contributed by atoms with Crippen molar-refractivity contribution in [2.24, 2.45) is 0 Å². The largest absolute Gasteiger partial charge is 0.311 e. The fourth-order valence-corrected chi connectivity index (χ4v) is 2.56. The Morgan fingerprint density at radius 3 is 3.25 bits per heavy atom. The average molecular weight is 168 g/mol. The number of nitrogens with zero attached hydrogens (tertiary/aromatic N) is 1. The zero-order valence-corrected chi connectivity index (χ0v) is 8.05. The van der Waals surface area contributed by atoms with Gasteiger partial charge in [0.1, 0.15) is 0 Å². The van der Waals surface area contributed by atoms with Crippen molar-refractivity contribution < 1.29 is 0 Å². The Bertz CT molecular complexity index is 147. The van der Waals surface area contributed by atoms with Crippen molar-refractivity contribution in [1.29, 1.82) is 0 Å². The third-order valence-corrected chi connectivity index (χ3v) is 3.23. The number of fused-ring (bicyclic) bond motifs is 1. The molecule has 2 nitrogen and oxygen atoms in total. The maximum atomic E-state index is 3.65. The molecule has 2 saturated heterocycles. The quantitative estimate of drug-likeness (QED) is 0.667. The van der Waals surface area contributed by atoms with Gasteiger partial charge in [-0.1, -0.05) is 13.3 Å². The number of piperazine rings is 1. The first-order chi connectivity index (χ1) is 5.90. The number of hydrogen-bond donors (Lipinski definition) is 1. The Hall–Kier alpha value is -0.0800. The van der Waals surface area contributed by atoms with E-state index in [9.17, 15) is 0 Å². The molecule has 2 rings (SSSR count). The summed E-state index contributed by atoms with van der Waals surface area (Å²) in [6, 6.07) is 1.66. The second kappa shape index (κ2) is 3.75. The third-order valence-electron chi connectivity index (χ3n) is 3.23. The summed E-state index contributed by atoms with van der Waals surface area (Å²) in [5, 5.41) is 3.65. The highest BCUT2D eigenvalue weighted by Crippen LogP contribution is 2.20. The molecule has 70 valence electrons. The van der Waals surface area contributed by atoms with Crippen LogP contribution in [0.3, 0.4) is 0 Å². The molecule has 0 spiro atoms. The smallest absolute Gasteiger partial charge is 0.0221 e. The topological polar surface area (TPSA) is 15.3 Å². The fourth-order valence-electron chi connectivity index (χ4n) is 2.56. The number of nitrogens with one attached hydrogen (secondary N) is 1. The molecule has 2 heterocycles. The van der Waals surface area contributed by atoms with Crippen molar-refractivity contribution in [1.82, 2.24) is 10.2 Å². The van der Waals surface area contributed by atoms with Gasteiger partial charge in [0, 0.05) is 25.2 Å². The molecule has 2 atom stereocenters. The molecule has 0 amide bonds. The molecule has 0 bridgehead atoms. The highest BCUT2D eigenvalue weighted by molar-refractivity contribution is 4.89. The predicted octanol–water partition coefficient (Wildman–Crippen LogP) is 1.22. The molecule has 0 radical (unpaired) electrons. The third kappa shape index (κ3) is 1.64. The number of rotatable bonds is 2. The van der Waals surface area contributed by atoms with Gasteiger partial charge in [0.15, 0.2) is 0 Å². The summed E-state index contributed by atoms with van der Waals surface area (Å²) < 4.78 is 0. The van der Waals surface area contributed by atoms with Gasteiger partial charge in [-0.3, -0.25) is 4.90 Å². The van der Waals surface area contributed by atoms with E-state index in [0.29, 0.717) is 0 Å². The maximum Gasteiger partial charge on any atom is 0.0221 e. The minimum atomic E-state index is 0.782. The first-order valence-electron chi connectivity index (χ1n) is 5.37. The van der Waals surface area contributed by atoms with Gasteiger partial charge in [-0.05, 0) is 25.8 Å². The van der Waals surface area contributed by atoms with Gasteiger partial charge in [-0.25, -0.2) is 0 Å². The molecule has 1 N–H and O–H groups in total. The minimum absolute atomic E-state index is 0.782. The van der Waals surface area contributed by atoms with E-state index in [4.69, 9.17) is 0 Å². The number of hydrogen-bond acceptors (Lipinski definition) is 2. The van der Waals surface area contributed by atoms with Crippen molar-refractivity contribution in [3.63, 3.8) is 0 Å². The first-order valence-corrected chi connectivity index (χ1v) is 5.37. The van der Waals surface area contributed by atoms with E-state index in [1.54, 1.807) is 0 Å². The molecule has 0 aromatic rings. The summed E-state index contributed by atoms with van der Waals surface area (Å²) in [5.41, 5.74) is 0. The molecule has 0 unspecified atom stereocenters. The van der Waals surface area contributed by atoms with Gasteiger partial charge in [-0.15, -0.1) is 0 Å². The first kappa shape index (κ1) is 8.52. The van der Waals surface area contributed by atoms with Crippen LogP contribution >= 0.6 is 0 Å². The maximum absolute atomic E-state index is 3.65. The molecule has 0 aliphatic carbocycles. The van der Waals surface area contributed by atoms with Crippen LogP contribution in [0.25, 0.3) is 0 Å². The van der Waals surface area contributed by atoms with Crippen LogP contribution in [0.15, 0.2) is 0 Å². The molecular weight excluding hydrogens is 148 g/mol. The zero-order valence-electron chi connectivity index (χ0n) is 8.05.